The molecule has 0 aliphatic carbocycles. The largest absolute Gasteiger partial charge is 0.493 e. The van der Waals surface area contributed by atoms with E-state index < -0.39 is 28.8 Å². The molecule has 2 aromatic rings. The van der Waals surface area contributed by atoms with Crippen LogP contribution in [-0.4, -0.2) is 18.3 Å². The third kappa shape index (κ3) is 4.26. The van der Waals surface area contributed by atoms with Crippen LogP contribution < -0.4 is 4.74 Å². The van der Waals surface area contributed by atoms with Crippen molar-refractivity contribution in [1.29, 1.82) is 0 Å². The molecule has 0 fully saturated rings. The summed E-state index contributed by atoms with van der Waals surface area (Å²) in [5, 5.41) is 8.69. The van der Waals surface area contributed by atoms with E-state index in [2.05, 4.69) is 0 Å². The van der Waals surface area contributed by atoms with Crippen LogP contribution >= 0.6 is 0 Å². The van der Waals surface area contributed by atoms with Crippen LogP contribution in [0, 0.1) is 23.3 Å². The van der Waals surface area contributed by atoms with E-state index in [0.29, 0.717) is 12.8 Å². The molecule has 0 bridgehead atoms. The van der Waals surface area contributed by atoms with Gasteiger partial charge < -0.3 is 9.84 Å². The fraction of sp³-hybridized carbons (Fsp3) is 0.333. The smallest absolute Gasteiger partial charge is 0.195 e. The highest BCUT2D eigenvalue weighted by Gasteiger charge is 2.23. The number of aliphatic hydroxyl groups excluding tert-OH is 1. The lowest BCUT2D eigenvalue weighted by Crippen LogP contribution is -2.04. The van der Waals surface area contributed by atoms with Gasteiger partial charge in [-0.25, -0.2) is 17.6 Å². The van der Waals surface area contributed by atoms with E-state index in [9.17, 15) is 17.6 Å². The summed E-state index contributed by atoms with van der Waals surface area (Å²) in [6.07, 6.45) is 2.82. The van der Waals surface area contributed by atoms with Crippen molar-refractivity contribution in [3.05, 3.63) is 53.6 Å². The Hall–Kier alpha value is -2.08. The van der Waals surface area contributed by atoms with Crippen molar-refractivity contribution in [2.45, 2.75) is 25.7 Å². The Balaban J connectivity index is 2.25. The number of unbranched alkanes of at least 4 members (excludes halogenated alkanes) is 3. The summed E-state index contributed by atoms with van der Waals surface area (Å²) in [4.78, 5) is 0. The number of aliphatic hydroxyl groups is 1. The highest BCUT2D eigenvalue weighted by atomic mass is 19.2. The van der Waals surface area contributed by atoms with Gasteiger partial charge in [-0.15, -0.1) is 0 Å². The lowest BCUT2D eigenvalue weighted by molar-refractivity contribution is 0.272. The monoisotopic (exact) mass is 342 g/mol. The molecule has 2 nitrogen and oxygen atoms in total. The summed E-state index contributed by atoms with van der Waals surface area (Å²) in [6, 6.07) is 6.00. The molecule has 0 aliphatic rings. The van der Waals surface area contributed by atoms with Crippen molar-refractivity contribution in [3.63, 3.8) is 0 Å². The molecule has 2 aromatic carbocycles. The van der Waals surface area contributed by atoms with Crippen molar-refractivity contribution in [3.8, 4) is 16.9 Å². The summed E-state index contributed by atoms with van der Waals surface area (Å²) in [7, 11) is 0. The number of hydrogen-bond donors (Lipinski definition) is 1. The zero-order chi connectivity index (χ0) is 17.5. The second kappa shape index (κ2) is 8.68. The predicted molar refractivity (Wildman–Crippen MR) is 82.8 cm³/mol. The van der Waals surface area contributed by atoms with Gasteiger partial charge in [-0.2, -0.15) is 0 Å². The van der Waals surface area contributed by atoms with Crippen LogP contribution in [0.25, 0.3) is 11.1 Å². The van der Waals surface area contributed by atoms with Crippen molar-refractivity contribution in [2.75, 3.05) is 13.2 Å². The van der Waals surface area contributed by atoms with Crippen molar-refractivity contribution in [2.24, 2.45) is 0 Å². The Labute approximate surface area is 137 Å². The lowest BCUT2D eigenvalue weighted by atomic mass is 10.0. The van der Waals surface area contributed by atoms with Gasteiger partial charge in [0.2, 0.25) is 0 Å². The van der Waals surface area contributed by atoms with E-state index in [0.717, 1.165) is 25.0 Å². The Bertz CT molecular complexity index is 689. The second-order valence-electron chi connectivity index (χ2n) is 5.33. The lowest BCUT2D eigenvalue weighted by Gasteiger charge is -2.14. The average Bonchev–Trinajstić information content (AvgIpc) is 2.57. The molecular weight excluding hydrogens is 324 g/mol. The molecular formula is C18H18F4O2. The maximum atomic E-state index is 14.2. The number of ether oxygens (including phenoxy) is 1. The maximum absolute atomic E-state index is 14.2. The molecule has 2 rings (SSSR count). The molecule has 0 atom stereocenters. The minimum absolute atomic E-state index is 0.104. The van der Waals surface area contributed by atoms with Gasteiger partial charge >= 0.3 is 0 Å². The second-order valence-corrected chi connectivity index (χ2v) is 5.33. The number of rotatable bonds is 8. The summed E-state index contributed by atoms with van der Waals surface area (Å²) >= 11 is 0. The third-order valence-electron chi connectivity index (χ3n) is 3.58. The van der Waals surface area contributed by atoms with Gasteiger partial charge in [-0.3, -0.25) is 0 Å². The summed E-state index contributed by atoms with van der Waals surface area (Å²) < 4.78 is 60.5. The number of halogens is 4. The van der Waals surface area contributed by atoms with Gasteiger partial charge in [-0.1, -0.05) is 24.6 Å². The Kier molecular flexibility index (Phi) is 6.61. The molecule has 0 radical (unpaired) electrons. The van der Waals surface area contributed by atoms with Gasteiger partial charge in [0, 0.05) is 18.2 Å². The average molecular weight is 342 g/mol. The van der Waals surface area contributed by atoms with Crippen LogP contribution in [-0.2, 0) is 0 Å². The highest BCUT2D eigenvalue weighted by molar-refractivity contribution is 5.71. The zero-order valence-electron chi connectivity index (χ0n) is 13.0. The third-order valence-corrected chi connectivity index (χ3v) is 3.58. The summed E-state index contributed by atoms with van der Waals surface area (Å²) in [6.45, 7) is 0.254. The quantitative estimate of drug-likeness (QED) is 0.422. The van der Waals surface area contributed by atoms with Crippen LogP contribution in [0.15, 0.2) is 30.3 Å². The van der Waals surface area contributed by atoms with Crippen molar-refractivity contribution < 1.29 is 27.4 Å². The van der Waals surface area contributed by atoms with Crippen LogP contribution in [0.2, 0.25) is 0 Å². The highest BCUT2D eigenvalue weighted by Crippen LogP contribution is 2.36. The number of hydrogen-bond acceptors (Lipinski definition) is 2. The minimum Gasteiger partial charge on any atom is -0.493 e. The molecule has 0 unspecified atom stereocenters. The van der Waals surface area contributed by atoms with Crippen molar-refractivity contribution in [1.82, 2.24) is 0 Å². The standard InChI is InChI=1S/C18H18F4O2/c19-13-8-4-3-7-12(13)16-15(11-14(20)17(21)18(16)22)24-10-6-2-1-5-9-23/h3-4,7-8,11,23H,1-2,5-6,9-10H2. The Morgan fingerprint density at radius 2 is 1.54 bits per heavy atom. The van der Waals surface area contributed by atoms with Gasteiger partial charge in [0.25, 0.3) is 0 Å². The van der Waals surface area contributed by atoms with Crippen LogP contribution in [0.5, 0.6) is 5.75 Å². The Morgan fingerprint density at radius 3 is 2.25 bits per heavy atom. The molecule has 24 heavy (non-hydrogen) atoms. The van der Waals surface area contributed by atoms with E-state index >= 15 is 0 Å². The minimum atomic E-state index is -1.66. The molecule has 0 aliphatic heterocycles. The molecule has 0 amide bonds. The predicted octanol–water partition coefficient (Wildman–Crippen LogP) is 4.84. The van der Waals surface area contributed by atoms with E-state index in [1.165, 1.54) is 18.2 Å². The first-order chi connectivity index (χ1) is 11.6. The van der Waals surface area contributed by atoms with Crippen LogP contribution in [0.4, 0.5) is 17.6 Å². The zero-order valence-corrected chi connectivity index (χ0v) is 13.0. The van der Waals surface area contributed by atoms with E-state index in [-0.39, 0.29) is 24.5 Å². The summed E-state index contributed by atoms with van der Waals surface area (Å²) in [5.41, 5.74) is -0.619. The first-order valence-electron chi connectivity index (χ1n) is 7.72. The molecule has 0 aromatic heterocycles. The van der Waals surface area contributed by atoms with Gasteiger partial charge in [-0.05, 0) is 25.3 Å². The first-order valence-corrected chi connectivity index (χ1v) is 7.72. The molecule has 6 heteroatoms. The molecule has 0 spiro atoms. The van der Waals surface area contributed by atoms with E-state index in [1.807, 2.05) is 0 Å². The molecule has 1 N–H and O–H groups in total. The maximum Gasteiger partial charge on any atom is 0.195 e. The molecule has 0 saturated carbocycles. The topological polar surface area (TPSA) is 29.5 Å². The number of benzene rings is 2. The molecule has 0 saturated heterocycles. The SMILES string of the molecule is OCCCCCCOc1cc(F)c(F)c(F)c1-c1ccccc1F. The van der Waals surface area contributed by atoms with Crippen LogP contribution in [0.3, 0.4) is 0 Å². The molecule has 130 valence electrons. The summed E-state index contributed by atoms with van der Waals surface area (Å²) in [5.74, 6) is -5.52. The fourth-order valence-electron chi connectivity index (χ4n) is 2.35. The van der Waals surface area contributed by atoms with E-state index in [4.69, 9.17) is 9.84 Å². The van der Waals surface area contributed by atoms with Crippen LogP contribution in [0.1, 0.15) is 25.7 Å². The first kappa shape index (κ1) is 18.3. The van der Waals surface area contributed by atoms with Crippen molar-refractivity contribution >= 4 is 0 Å². The van der Waals surface area contributed by atoms with E-state index in [1.54, 1.807) is 0 Å². The Morgan fingerprint density at radius 1 is 0.833 bits per heavy atom. The molecule has 0 heterocycles. The van der Waals surface area contributed by atoms with Gasteiger partial charge in [0.15, 0.2) is 17.5 Å². The fourth-order valence-corrected chi connectivity index (χ4v) is 2.35. The normalized spacial score (nSPS) is 10.9. The van der Waals surface area contributed by atoms with Gasteiger partial charge in [0.1, 0.15) is 11.6 Å². The van der Waals surface area contributed by atoms with Gasteiger partial charge in [0.05, 0.1) is 12.2 Å².